The minimum Gasteiger partial charge on any atom is -0.313 e. The van der Waals surface area contributed by atoms with Crippen LogP contribution in [0.25, 0.3) is 66.4 Å². The molecule has 2 aliphatic heterocycles. The molecule has 12 aromatic rings. The third kappa shape index (κ3) is 6.77. The molecule has 400 valence electrons. The fraction of sp³-hybridized carbons (Fsp3) is 0.253. The Labute approximate surface area is 485 Å². The predicted molar refractivity (Wildman–Crippen MR) is 344 cm³/mol. The van der Waals surface area contributed by atoms with E-state index in [0.29, 0.717) is 0 Å². The molecule has 6 heterocycles. The highest BCUT2D eigenvalue weighted by Gasteiger charge is 2.44. The molecule has 0 amide bonds. The van der Waals surface area contributed by atoms with Gasteiger partial charge in [-0.05, 0) is 207 Å². The van der Waals surface area contributed by atoms with Crippen LogP contribution in [0.15, 0.2) is 174 Å². The summed E-state index contributed by atoms with van der Waals surface area (Å²) >= 11 is 2.02. The Kier molecular flexibility index (Phi) is 10.4. The molecular formula is C75H66BN5S. The number of aryl methyl sites for hydroxylation is 4. The number of nitrogens with zero attached hydrogens (tertiary/aromatic N) is 5. The molecule has 0 unspecified atom stereocenters. The number of hydrogen-bond acceptors (Lipinski definition) is 2. The normalized spacial score (nSPS) is 16.1. The number of rotatable bonds is 5. The lowest BCUT2D eigenvalue weighted by Gasteiger charge is -2.42. The van der Waals surface area contributed by atoms with Crippen LogP contribution in [0.3, 0.4) is 0 Å². The van der Waals surface area contributed by atoms with Crippen molar-refractivity contribution in [1.29, 1.82) is 0 Å². The van der Waals surface area contributed by atoms with Gasteiger partial charge in [-0.3, -0.25) is 0 Å². The molecule has 6 aliphatic rings. The van der Waals surface area contributed by atoms with Crippen LogP contribution < -0.4 is 21.3 Å². The molecule has 0 fully saturated rings. The largest absolute Gasteiger partial charge is 0.313 e. The summed E-state index contributed by atoms with van der Waals surface area (Å²) in [4.78, 5) is 5.46. The molecule has 82 heavy (non-hydrogen) atoms. The Morgan fingerprint density at radius 3 is 1.39 bits per heavy atom. The van der Waals surface area contributed by atoms with Crippen molar-refractivity contribution in [3.05, 3.63) is 214 Å². The third-order valence-corrected chi connectivity index (χ3v) is 21.4. The lowest BCUT2D eigenvalue weighted by molar-refractivity contribution is 0.590. The first-order valence-electron chi connectivity index (χ1n) is 30.9. The van der Waals surface area contributed by atoms with Crippen LogP contribution >= 0.6 is 11.8 Å². The van der Waals surface area contributed by atoms with Gasteiger partial charge in [0.15, 0.2) is 0 Å². The van der Waals surface area contributed by atoms with Crippen LogP contribution in [0.2, 0.25) is 0 Å². The number of hydrogen-bond donors (Lipinski definition) is 0. The summed E-state index contributed by atoms with van der Waals surface area (Å²) in [6.45, 7) is 7.00. The molecular weight excluding hydrogens is 1010 g/mol. The van der Waals surface area contributed by atoms with Gasteiger partial charge in [0.05, 0.1) is 33.4 Å². The topological polar surface area (TPSA) is 23.0 Å². The second-order valence-electron chi connectivity index (χ2n) is 25.8. The summed E-state index contributed by atoms with van der Waals surface area (Å²) < 4.78 is 10.8. The Hall–Kier alpha value is -7.87. The summed E-state index contributed by atoms with van der Waals surface area (Å²) in [5, 5.41) is 5.64. The molecule has 0 atom stereocenters. The van der Waals surface area contributed by atoms with Crippen LogP contribution in [0.1, 0.15) is 116 Å². The fourth-order valence-corrected chi connectivity index (χ4v) is 18.0. The molecule has 4 aliphatic carbocycles. The maximum Gasteiger partial charge on any atom is 0.249 e. The quantitative estimate of drug-likeness (QED) is 0.127. The van der Waals surface area contributed by atoms with E-state index in [2.05, 4.69) is 208 Å². The molecule has 7 heteroatoms. The van der Waals surface area contributed by atoms with E-state index in [1.54, 1.807) is 11.1 Å². The van der Waals surface area contributed by atoms with E-state index in [-0.39, 0.29) is 12.1 Å². The second-order valence-corrected chi connectivity index (χ2v) is 26.8. The van der Waals surface area contributed by atoms with Gasteiger partial charge in [0.2, 0.25) is 6.71 Å². The molecule has 0 saturated carbocycles. The van der Waals surface area contributed by atoms with Crippen LogP contribution in [0.4, 0.5) is 17.1 Å². The molecule has 0 radical (unpaired) electrons. The van der Waals surface area contributed by atoms with E-state index >= 15 is 0 Å². The van der Waals surface area contributed by atoms with Crippen molar-refractivity contribution in [3.63, 3.8) is 0 Å². The van der Waals surface area contributed by atoms with Gasteiger partial charge in [-0.25, -0.2) is 0 Å². The van der Waals surface area contributed by atoms with E-state index in [0.717, 1.165) is 51.4 Å². The van der Waals surface area contributed by atoms with Crippen LogP contribution in [0, 0.1) is 0 Å². The minimum absolute atomic E-state index is 0.00566. The minimum atomic E-state index is -0.0401. The summed E-state index contributed by atoms with van der Waals surface area (Å²) in [5.41, 5.74) is 31.8. The van der Waals surface area contributed by atoms with Crippen molar-refractivity contribution >= 4 is 95.5 Å². The molecule has 5 nitrogen and oxygen atoms in total. The Bertz CT molecular complexity index is 4700. The first kappa shape index (κ1) is 47.7. The van der Waals surface area contributed by atoms with Crippen molar-refractivity contribution in [2.75, 3.05) is 4.90 Å². The van der Waals surface area contributed by atoms with Crippen molar-refractivity contribution in [3.8, 4) is 22.7 Å². The van der Waals surface area contributed by atoms with Gasteiger partial charge in [-0.1, -0.05) is 135 Å². The van der Waals surface area contributed by atoms with Crippen molar-refractivity contribution in [2.24, 2.45) is 0 Å². The smallest absolute Gasteiger partial charge is 0.249 e. The number of para-hydroxylation sites is 4. The van der Waals surface area contributed by atoms with E-state index in [4.69, 9.17) is 0 Å². The van der Waals surface area contributed by atoms with Gasteiger partial charge in [-0.2, -0.15) is 0 Å². The first-order valence-corrected chi connectivity index (χ1v) is 31.7. The van der Waals surface area contributed by atoms with Crippen LogP contribution in [-0.2, 0) is 56.8 Å². The molecule has 0 saturated heterocycles. The molecule has 0 N–H and O–H groups in total. The summed E-state index contributed by atoms with van der Waals surface area (Å²) in [7, 11) is 0. The van der Waals surface area contributed by atoms with Gasteiger partial charge < -0.3 is 23.2 Å². The van der Waals surface area contributed by atoms with Crippen molar-refractivity contribution in [2.45, 2.75) is 132 Å². The monoisotopic (exact) mass is 1080 g/mol. The zero-order chi connectivity index (χ0) is 54.1. The maximum atomic E-state index is 2.75. The molecule has 0 spiro atoms. The average molecular weight is 1080 g/mol. The Morgan fingerprint density at radius 1 is 0.366 bits per heavy atom. The zero-order valence-corrected chi connectivity index (χ0v) is 48.2. The molecule has 4 aromatic heterocycles. The molecule has 18 rings (SSSR count). The number of aromatic nitrogens is 4. The summed E-state index contributed by atoms with van der Waals surface area (Å²) in [5.74, 6) is 0. The predicted octanol–water partition coefficient (Wildman–Crippen LogP) is 16.6. The molecule has 0 bridgehead atoms. The highest BCUT2D eigenvalue weighted by atomic mass is 32.2. The SMILES string of the molecule is CC(C)(C)c1ccc(N2c3cc(-n4c5c(c6ccccc64)CCCCC5)cc4c3B(c3ccc(-n5c6c(c7ccccc75)CCCC6)cc3S4)c3cc(-n4c5c(c6ccccc64)CCC5)cc(-n4c5c(c6ccccc64)CCC5)c32)cc1. The highest BCUT2D eigenvalue weighted by Crippen LogP contribution is 2.50. The third-order valence-electron chi connectivity index (χ3n) is 20.3. The van der Waals surface area contributed by atoms with Crippen LogP contribution in [-0.4, -0.2) is 25.0 Å². The standard InChI is InChI=1S/C75H66BN5S/c1-75(2,3)46-35-37-47(38-36-46)80-69-42-50(79-63-27-6-4-5-19-51(63)54-22-9-15-31-65(54)79)45-72-73(69)76(59-40-39-48(44-71(59)82-72)77-61-28-12-7-20-52(61)53-21-8-13-29-62(53)77)60-41-49(78-64-30-14-10-23-55(64)57-25-17-33-66(57)78)43-70(74(60)80)81-67-32-16-11-24-56(67)58-26-18-34-68(58)81/h7,9-12,14-16,20,22-24,28,30-32,35-45H,4-6,8,13,17-19,21,25-27,29,33-34H2,1-3H3. The van der Waals surface area contributed by atoms with Gasteiger partial charge in [0, 0.05) is 82.5 Å². The van der Waals surface area contributed by atoms with Gasteiger partial charge in [0.1, 0.15) is 0 Å². The highest BCUT2D eigenvalue weighted by molar-refractivity contribution is 8.00. The number of benzene rings is 8. The lowest BCUT2D eigenvalue weighted by Crippen LogP contribution is -2.60. The maximum absolute atomic E-state index is 2.75. The van der Waals surface area contributed by atoms with E-state index in [1.165, 1.54) is 194 Å². The summed E-state index contributed by atoms with van der Waals surface area (Å²) in [6, 6.07) is 65.1. The molecule has 8 aromatic carbocycles. The Morgan fingerprint density at radius 2 is 0.805 bits per heavy atom. The van der Waals surface area contributed by atoms with E-state index in [9.17, 15) is 0 Å². The zero-order valence-electron chi connectivity index (χ0n) is 47.4. The first-order chi connectivity index (χ1) is 40.3. The summed E-state index contributed by atoms with van der Waals surface area (Å²) in [6.07, 6.45) is 17.5. The second kappa shape index (κ2) is 17.8. The number of fused-ring (bicyclic) bond motifs is 16. The van der Waals surface area contributed by atoms with E-state index < -0.39 is 0 Å². The number of anilines is 3. The average Bonchev–Trinajstić information content (AvgIpc) is 3.03. The van der Waals surface area contributed by atoms with Gasteiger partial charge >= 0.3 is 0 Å². The lowest BCUT2D eigenvalue weighted by atomic mass is 9.34. The Balaban J connectivity index is 0.985. The van der Waals surface area contributed by atoms with Crippen molar-refractivity contribution in [1.82, 2.24) is 18.3 Å². The van der Waals surface area contributed by atoms with E-state index in [1.807, 2.05) is 11.8 Å². The van der Waals surface area contributed by atoms with Crippen molar-refractivity contribution < 1.29 is 0 Å². The van der Waals surface area contributed by atoms with Crippen LogP contribution in [0.5, 0.6) is 0 Å². The van der Waals surface area contributed by atoms with Gasteiger partial charge in [0.25, 0.3) is 0 Å². The van der Waals surface area contributed by atoms with Gasteiger partial charge in [-0.15, -0.1) is 0 Å². The fourth-order valence-electron chi connectivity index (χ4n) is 16.8.